The molecule has 0 fully saturated rings. The fourth-order valence-electron chi connectivity index (χ4n) is 1.03. The summed E-state index contributed by atoms with van der Waals surface area (Å²) >= 11 is 0. The lowest BCUT2D eigenvalue weighted by atomic mass is 10.1. The molecule has 0 aliphatic carbocycles. The Morgan fingerprint density at radius 2 is 2.20 bits per heavy atom. The van der Waals surface area contributed by atoms with Crippen molar-refractivity contribution in [3.8, 4) is 5.75 Å². The van der Waals surface area contributed by atoms with Gasteiger partial charge in [-0.25, -0.2) is 4.39 Å². The van der Waals surface area contributed by atoms with E-state index in [9.17, 15) is 9.18 Å². The first-order chi connectivity index (χ1) is 7.15. The minimum Gasteiger partial charge on any atom is -0.464 e. The molecule has 0 heterocycles. The first-order valence-electron chi connectivity index (χ1n) is 4.66. The van der Waals surface area contributed by atoms with Crippen LogP contribution in [-0.4, -0.2) is 19.2 Å². The summed E-state index contributed by atoms with van der Waals surface area (Å²) in [5, 5.41) is 0. The highest BCUT2D eigenvalue weighted by Gasteiger charge is 2.06. The lowest BCUT2D eigenvalue weighted by molar-refractivity contribution is 0.0201. The molecule has 0 N–H and O–H groups in total. The minimum absolute atomic E-state index is 0.00678. The van der Waals surface area contributed by atoms with Crippen molar-refractivity contribution in [1.29, 1.82) is 0 Å². The quantitative estimate of drug-likeness (QED) is 0.427. The fourth-order valence-corrected chi connectivity index (χ4v) is 1.03. The third kappa shape index (κ3) is 3.32. The van der Waals surface area contributed by atoms with Gasteiger partial charge in [-0.1, -0.05) is 0 Å². The molecule has 0 bridgehead atoms. The normalized spacial score (nSPS) is 10.1. The summed E-state index contributed by atoms with van der Waals surface area (Å²) in [6, 6.07) is 4.10. The van der Waals surface area contributed by atoms with Gasteiger partial charge in [0.2, 0.25) is 0 Å². The number of carbonyl (C=O) groups is 1. The van der Waals surface area contributed by atoms with Gasteiger partial charge in [-0.05, 0) is 32.0 Å². The van der Waals surface area contributed by atoms with Crippen LogP contribution in [0.1, 0.15) is 24.2 Å². The number of hydrogen-bond donors (Lipinski definition) is 0. The number of Topliss-reactive ketones (excluding diaryl/α,β-unsaturated/α-hetero) is 1. The van der Waals surface area contributed by atoms with Gasteiger partial charge in [0, 0.05) is 12.2 Å². The smallest absolute Gasteiger partial charge is 0.189 e. The third-order valence-corrected chi connectivity index (χ3v) is 1.84. The van der Waals surface area contributed by atoms with Crippen molar-refractivity contribution in [3.63, 3.8) is 0 Å². The summed E-state index contributed by atoms with van der Waals surface area (Å²) in [4.78, 5) is 10.9. The molecule has 0 spiro atoms. The van der Waals surface area contributed by atoms with Crippen molar-refractivity contribution in [2.45, 2.75) is 13.8 Å². The van der Waals surface area contributed by atoms with Crippen LogP contribution in [-0.2, 0) is 4.74 Å². The molecular formula is C11H13FO3. The molecule has 0 amide bonds. The molecule has 4 heteroatoms. The fraction of sp³-hybridized carbons (Fsp3) is 0.364. The number of hydrogen-bond acceptors (Lipinski definition) is 3. The maximum Gasteiger partial charge on any atom is 0.189 e. The van der Waals surface area contributed by atoms with Crippen molar-refractivity contribution in [2.75, 3.05) is 13.4 Å². The monoisotopic (exact) mass is 212 g/mol. The molecular weight excluding hydrogens is 199 g/mol. The predicted octanol–water partition coefficient (Wildman–Crippen LogP) is 2.40. The molecule has 82 valence electrons. The second-order valence-corrected chi connectivity index (χ2v) is 2.96. The number of carbonyl (C=O) groups excluding carboxylic acids is 1. The highest BCUT2D eigenvalue weighted by atomic mass is 19.1. The molecule has 0 atom stereocenters. The van der Waals surface area contributed by atoms with E-state index in [2.05, 4.69) is 0 Å². The Bertz CT molecular complexity index is 350. The van der Waals surface area contributed by atoms with E-state index >= 15 is 0 Å². The Morgan fingerprint density at radius 1 is 1.47 bits per heavy atom. The zero-order valence-corrected chi connectivity index (χ0v) is 8.75. The third-order valence-electron chi connectivity index (χ3n) is 1.84. The average molecular weight is 212 g/mol. The summed E-state index contributed by atoms with van der Waals surface area (Å²) in [6.45, 7) is 3.72. The Morgan fingerprint density at radius 3 is 2.73 bits per heavy atom. The Labute approximate surface area is 87.8 Å². The van der Waals surface area contributed by atoms with Gasteiger partial charge in [0.1, 0.15) is 0 Å². The average Bonchev–Trinajstić information content (AvgIpc) is 2.20. The van der Waals surface area contributed by atoms with Crippen LogP contribution < -0.4 is 4.74 Å². The molecule has 0 aromatic heterocycles. The molecule has 15 heavy (non-hydrogen) atoms. The topological polar surface area (TPSA) is 35.5 Å². The standard InChI is InChI=1S/C11H13FO3/c1-3-14-7-15-11-5-4-9(8(2)13)6-10(11)12/h4-6H,3,7H2,1-2H3. The maximum atomic E-state index is 13.3. The lowest BCUT2D eigenvalue weighted by Crippen LogP contribution is -2.04. The summed E-state index contributed by atoms with van der Waals surface area (Å²) in [5.74, 6) is -0.638. The molecule has 0 saturated carbocycles. The van der Waals surface area contributed by atoms with Gasteiger partial charge in [0.05, 0.1) is 0 Å². The number of ketones is 1. The summed E-state index contributed by atoms with van der Waals surface area (Å²) in [7, 11) is 0. The van der Waals surface area contributed by atoms with E-state index in [0.29, 0.717) is 12.2 Å². The van der Waals surface area contributed by atoms with Gasteiger partial charge in [0.15, 0.2) is 24.1 Å². The predicted molar refractivity (Wildman–Crippen MR) is 53.5 cm³/mol. The SMILES string of the molecule is CCOCOc1ccc(C(C)=O)cc1F. The van der Waals surface area contributed by atoms with Crippen LogP contribution in [0.25, 0.3) is 0 Å². The van der Waals surface area contributed by atoms with Crippen molar-refractivity contribution >= 4 is 5.78 Å². The molecule has 1 rings (SSSR count). The second-order valence-electron chi connectivity index (χ2n) is 2.96. The van der Waals surface area contributed by atoms with E-state index in [1.165, 1.54) is 19.1 Å². The molecule has 0 aliphatic rings. The van der Waals surface area contributed by atoms with Crippen molar-refractivity contribution in [2.24, 2.45) is 0 Å². The van der Waals surface area contributed by atoms with Gasteiger partial charge >= 0.3 is 0 Å². The summed E-state index contributed by atoms with van der Waals surface area (Å²) < 4.78 is 23.2. The number of halogens is 1. The highest BCUT2D eigenvalue weighted by molar-refractivity contribution is 5.94. The summed E-state index contributed by atoms with van der Waals surface area (Å²) in [5.41, 5.74) is 0.330. The van der Waals surface area contributed by atoms with Crippen LogP contribution in [0.2, 0.25) is 0 Å². The van der Waals surface area contributed by atoms with E-state index in [-0.39, 0.29) is 18.3 Å². The molecule has 1 aromatic rings. The van der Waals surface area contributed by atoms with E-state index in [1.54, 1.807) is 0 Å². The van der Waals surface area contributed by atoms with Gasteiger partial charge in [0.25, 0.3) is 0 Å². The van der Waals surface area contributed by atoms with Gasteiger partial charge < -0.3 is 9.47 Å². The number of ether oxygens (including phenoxy) is 2. The Hall–Kier alpha value is -1.42. The van der Waals surface area contributed by atoms with Crippen LogP contribution in [0.15, 0.2) is 18.2 Å². The highest BCUT2D eigenvalue weighted by Crippen LogP contribution is 2.18. The van der Waals surface area contributed by atoms with E-state index < -0.39 is 5.82 Å². The van der Waals surface area contributed by atoms with Crippen molar-refractivity contribution in [3.05, 3.63) is 29.6 Å². The first-order valence-corrected chi connectivity index (χ1v) is 4.66. The van der Waals surface area contributed by atoms with E-state index in [4.69, 9.17) is 9.47 Å². The molecule has 3 nitrogen and oxygen atoms in total. The van der Waals surface area contributed by atoms with Gasteiger partial charge in [-0.2, -0.15) is 0 Å². The van der Waals surface area contributed by atoms with E-state index in [0.717, 1.165) is 6.07 Å². The lowest BCUT2D eigenvalue weighted by Gasteiger charge is -2.07. The van der Waals surface area contributed by atoms with Gasteiger partial charge in [-0.3, -0.25) is 4.79 Å². The van der Waals surface area contributed by atoms with Crippen LogP contribution in [0.3, 0.4) is 0 Å². The molecule has 0 saturated heterocycles. The zero-order valence-electron chi connectivity index (χ0n) is 8.75. The van der Waals surface area contributed by atoms with E-state index in [1.807, 2.05) is 6.92 Å². The largest absolute Gasteiger partial charge is 0.464 e. The Kier molecular flexibility index (Phi) is 4.24. The number of rotatable bonds is 5. The first kappa shape index (κ1) is 11.7. The Balaban J connectivity index is 2.70. The van der Waals surface area contributed by atoms with Gasteiger partial charge in [-0.15, -0.1) is 0 Å². The minimum atomic E-state index is -0.553. The van der Waals surface area contributed by atoms with Crippen molar-refractivity contribution in [1.82, 2.24) is 0 Å². The van der Waals surface area contributed by atoms with Crippen LogP contribution in [0, 0.1) is 5.82 Å². The second kappa shape index (κ2) is 5.46. The summed E-state index contributed by atoms with van der Waals surface area (Å²) in [6.07, 6.45) is 0. The van der Waals surface area contributed by atoms with Crippen LogP contribution >= 0.6 is 0 Å². The molecule has 0 unspecified atom stereocenters. The number of benzene rings is 1. The zero-order chi connectivity index (χ0) is 11.3. The molecule has 0 radical (unpaired) electrons. The van der Waals surface area contributed by atoms with Crippen molar-refractivity contribution < 1.29 is 18.7 Å². The maximum absolute atomic E-state index is 13.3. The molecule has 0 aliphatic heterocycles. The molecule has 1 aromatic carbocycles. The van der Waals surface area contributed by atoms with Crippen LogP contribution in [0.4, 0.5) is 4.39 Å². The van der Waals surface area contributed by atoms with Crippen LogP contribution in [0.5, 0.6) is 5.75 Å².